The van der Waals surface area contributed by atoms with Crippen LogP contribution >= 0.6 is 0 Å². The third-order valence-electron chi connectivity index (χ3n) is 3.99. The van der Waals surface area contributed by atoms with Crippen molar-refractivity contribution in [1.29, 1.82) is 0 Å². The average molecular weight is 441 g/mol. The molecule has 0 atom stereocenters. The Morgan fingerprint density at radius 3 is 1.69 bits per heavy atom. The van der Waals surface area contributed by atoms with Crippen molar-refractivity contribution in [1.82, 2.24) is 0 Å². The number of hydrogen-bond donors (Lipinski definition) is 0. The molecule has 0 bridgehead atoms. The molecular weight excluding hydrogens is 411 g/mol. The van der Waals surface area contributed by atoms with E-state index >= 15 is 0 Å². The molecule has 0 amide bonds. The lowest BCUT2D eigenvalue weighted by Gasteiger charge is -2.21. The molecule has 158 valence electrons. The van der Waals surface area contributed by atoms with E-state index < -0.39 is 39.6 Å². The van der Waals surface area contributed by atoms with Crippen molar-refractivity contribution in [3.05, 3.63) is 4.13 Å². The molecule has 0 saturated heterocycles. The molecule has 0 aromatic carbocycles. The maximum absolute atomic E-state index is 12.1. The second-order valence-corrected chi connectivity index (χ2v) is 14.8. The average Bonchev–Trinajstić information content (AvgIpc) is 2.46. The zero-order valence-corrected chi connectivity index (χ0v) is 18.1. The molecule has 0 unspecified atom stereocenters. The summed E-state index contributed by atoms with van der Waals surface area (Å²) < 4.78 is 88.0. The van der Waals surface area contributed by atoms with Crippen LogP contribution in [0.2, 0.25) is 19.1 Å². The summed E-state index contributed by atoms with van der Waals surface area (Å²) in [5, 5.41) is 0. The zero-order valence-electron chi connectivity index (χ0n) is 15.5. The molecule has 0 fully saturated rings. The van der Waals surface area contributed by atoms with E-state index in [9.17, 15) is 30.0 Å². The van der Waals surface area contributed by atoms with Gasteiger partial charge in [-0.3, -0.25) is 0 Å². The van der Waals surface area contributed by atoms with Crippen LogP contribution in [0.3, 0.4) is 0 Å². The van der Waals surface area contributed by atoms with Crippen molar-refractivity contribution in [2.75, 3.05) is 12.9 Å². The second-order valence-electron chi connectivity index (χ2n) is 6.82. The first-order valence-corrected chi connectivity index (χ1v) is 14.7. The van der Waals surface area contributed by atoms with Gasteiger partial charge in [-0.15, -0.1) is 0 Å². The van der Waals surface area contributed by atoms with Gasteiger partial charge in [0, 0.05) is 12.9 Å². The van der Waals surface area contributed by atoms with Crippen LogP contribution in [0.25, 0.3) is 4.13 Å². The Morgan fingerprint density at radius 2 is 1.27 bits per heavy atom. The normalized spacial score (nSPS) is 13.9. The highest BCUT2D eigenvalue weighted by atomic mass is 32.3. The Hall–Kier alpha value is -0.173. The molecule has 0 heterocycles. The van der Waals surface area contributed by atoms with Crippen LogP contribution in [0.5, 0.6) is 0 Å². The molecule has 6 nitrogen and oxygen atoms in total. The molecular formula is C14H29F3NO5S2Si-. The minimum atomic E-state index is -6.00. The lowest BCUT2D eigenvalue weighted by Crippen LogP contribution is -2.27. The van der Waals surface area contributed by atoms with Crippen LogP contribution in [0.15, 0.2) is 0 Å². The molecule has 0 aliphatic rings. The Bertz CT molecular complexity index is 607. The van der Waals surface area contributed by atoms with Crippen molar-refractivity contribution in [3.63, 3.8) is 0 Å². The van der Waals surface area contributed by atoms with Gasteiger partial charge >= 0.3 is 5.51 Å². The fraction of sp³-hybridized carbons (Fsp3) is 1.00. The Morgan fingerprint density at radius 1 is 0.846 bits per heavy atom. The fourth-order valence-corrected chi connectivity index (χ4v) is 5.93. The molecule has 26 heavy (non-hydrogen) atoms. The van der Waals surface area contributed by atoms with Gasteiger partial charge < -0.3 is 8.55 Å². The molecule has 12 heteroatoms. The van der Waals surface area contributed by atoms with Gasteiger partial charge in [0.1, 0.15) is 0 Å². The molecule has 0 spiro atoms. The van der Waals surface area contributed by atoms with E-state index in [1.165, 1.54) is 0 Å². The van der Waals surface area contributed by atoms with Crippen LogP contribution in [-0.2, 0) is 24.5 Å². The zero-order chi connectivity index (χ0) is 20.5. The summed E-state index contributed by atoms with van der Waals surface area (Å²) in [4.78, 5) is 0. The van der Waals surface area contributed by atoms with Gasteiger partial charge in [0.2, 0.25) is 0 Å². The van der Waals surface area contributed by atoms with E-state index in [4.69, 9.17) is 4.43 Å². The summed E-state index contributed by atoms with van der Waals surface area (Å²) >= 11 is 0. The molecule has 0 rings (SSSR count). The molecule has 0 aromatic heterocycles. The standard InChI is InChI=1S/C14H29F3NO5S2Si/c1-23-26(2,3)13-11-9-7-5-4-6-8-10-12-24(19,20)18-25(21,22)14(15,16)17/h4-13H2,1-3H3/q-1. The van der Waals surface area contributed by atoms with Crippen molar-refractivity contribution in [2.45, 2.75) is 76.0 Å². The third kappa shape index (κ3) is 11.5. The SMILES string of the molecule is CO[Si](C)(C)CCCCCCCCCCS(=O)(=O)[N-]S(=O)(=O)C(F)(F)F. The van der Waals surface area contributed by atoms with E-state index in [1.54, 1.807) is 7.11 Å². The number of nitrogens with zero attached hydrogens (tertiary/aromatic N) is 1. The number of sulfonamides is 2. The Balaban J connectivity index is 3.81. The van der Waals surface area contributed by atoms with E-state index in [-0.39, 0.29) is 6.42 Å². The first kappa shape index (κ1) is 25.8. The van der Waals surface area contributed by atoms with Crippen molar-refractivity contribution < 1.29 is 34.4 Å². The highest BCUT2D eigenvalue weighted by molar-refractivity contribution is 8.12. The van der Waals surface area contributed by atoms with Crippen LogP contribution in [0.1, 0.15) is 51.4 Å². The highest BCUT2D eigenvalue weighted by Gasteiger charge is 2.40. The summed E-state index contributed by atoms with van der Waals surface area (Å²) in [5.41, 5.74) is -5.69. The van der Waals surface area contributed by atoms with Gasteiger partial charge in [-0.2, -0.15) is 13.2 Å². The largest absolute Gasteiger partial charge is 0.480 e. The summed E-state index contributed by atoms with van der Waals surface area (Å²) in [5.74, 6) is -0.695. The predicted octanol–water partition coefficient (Wildman–Crippen LogP) is 4.51. The number of halogens is 3. The third-order valence-corrected chi connectivity index (χ3v) is 9.73. The lowest BCUT2D eigenvalue weighted by atomic mass is 10.1. The molecule has 0 aromatic rings. The van der Waals surface area contributed by atoms with Gasteiger partial charge in [0.25, 0.3) is 0 Å². The van der Waals surface area contributed by atoms with Crippen LogP contribution in [0, 0.1) is 0 Å². The number of rotatable bonds is 14. The lowest BCUT2D eigenvalue weighted by molar-refractivity contribution is -0.0425. The smallest absolute Gasteiger partial charge is 0.428 e. The van der Waals surface area contributed by atoms with E-state index in [2.05, 4.69) is 13.1 Å². The summed E-state index contributed by atoms with van der Waals surface area (Å²) in [7, 11) is -10.4. The topological polar surface area (TPSA) is 91.6 Å². The van der Waals surface area contributed by atoms with E-state index in [1.807, 2.05) is 4.13 Å². The maximum Gasteiger partial charge on any atom is 0.480 e. The molecule has 0 aliphatic heterocycles. The van der Waals surface area contributed by atoms with E-state index in [0.29, 0.717) is 6.42 Å². The monoisotopic (exact) mass is 440 g/mol. The van der Waals surface area contributed by atoms with Gasteiger partial charge in [0.05, 0.1) is 10.0 Å². The number of unbranched alkanes of at least 4 members (excludes halogenated alkanes) is 7. The molecule has 0 N–H and O–H groups in total. The minimum absolute atomic E-state index is 0.0901. The predicted molar refractivity (Wildman–Crippen MR) is 98.4 cm³/mol. The summed E-state index contributed by atoms with van der Waals surface area (Å²) in [6, 6.07) is 1.12. The van der Waals surface area contributed by atoms with Crippen molar-refractivity contribution in [2.24, 2.45) is 0 Å². The van der Waals surface area contributed by atoms with Crippen LogP contribution in [-0.4, -0.2) is 43.5 Å². The van der Waals surface area contributed by atoms with E-state index in [0.717, 1.165) is 44.6 Å². The maximum atomic E-state index is 12.1. The summed E-state index contributed by atoms with van der Waals surface area (Å²) in [6.45, 7) is 4.35. The number of alkyl halides is 3. The van der Waals surface area contributed by atoms with Gasteiger partial charge in [-0.05, 0) is 25.6 Å². The highest BCUT2D eigenvalue weighted by Crippen LogP contribution is 2.30. The first-order valence-electron chi connectivity index (χ1n) is 8.56. The van der Waals surface area contributed by atoms with Crippen LogP contribution < -0.4 is 0 Å². The van der Waals surface area contributed by atoms with Crippen molar-refractivity contribution >= 4 is 28.4 Å². The van der Waals surface area contributed by atoms with Gasteiger partial charge in [0.15, 0.2) is 18.3 Å². The fourth-order valence-electron chi connectivity index (χ4n) is 2.23. The molecule has 0 radical (unpaired) electrons. The minimum Gasteiger partial charge on any atom is -0.428 e. The number of hydrogen-bond acceptors (Lipinski definition) is 5. The van der Waals surface area contributed by atoms with Crippen LogP contribution in [0.4, 0.5) is 13.2 Å². The van der Waals surface area contributed by atoms with Gasteiger partial charge in [-0.25, -0.2) is 16.8 Å². The Kier molecular flexibility index (Phi) is 10.9. The molecule has 0 aliphatic carbocycles. The molecule has 0 saturated carbocycles. The first-order chi connectivity index (χ1) is 11.7. The summed E-state index contributed by atoms with van der Waals surface area (Å²) in [6.07, 6.45) is 6.57. The second kappa shape index (κ2) is 11.0. The van der Waals surface area contributed by atoms with Crippen molar-refractivity contribution in [3.8, 4) is 0 Å². The van der Waals surface area contributed by atoms with Gasteiger partial charge in [-0.1, -0.05) is 44.9 Å². The Labute approximate surface area is 156 Å². The quantitative estimate of drug-likeness (QED) is 0.293.